The first kappa shape index (κ1) is 13.4. The molecule has 4 saturated carbocycles. The Balaban J connectivity index is 1.69. The van der Waals surface area contributed by atoms with Crippen LogP contribution in [0.5, 0.6) is 0 Å². The van der Waals surface area contributed by atoms with E-state index in [1.54, 1.807) is 0 Å². The second kappa shape index (κ2) is 4.63. The number of thiophene rings is 1. The summed E-state index contributed by atoms with van der Waals surface area (Å²) in [6.07, 6.45) is 8.61. The summed E-state index contributed by atoms with van der Waals surface area (Å²) in [4.78, 5) is 0.393. The number of halogens is 3. The molecule has 4 bridgehead atoms. The highest BCUT2D eigenvalue weighted by atomic mass is 79.9. The van der Waals surface area contributed by atoms with E-state index in [9.17, 15) is 0 Å². The topological polar surface area (TPSA) is 0 Å². The fourth-order valence-electron chi connectivity index (χ4n) is 5.34. The molecule has 0 amide bonds. The van der Waals surface area contributed by atoms with Gasteiger partial charge in [-0.15, -0.1) is 11.3 Å². The molecule has 4 heteroatoms. The van der Waals surface area contributed by atoms with Crippen molar-refractivity contribution in [3.8, 4) is 0 Å². The van der Waals surface area contributed by atoms with Crippen LogP contribution in [0.1, 0.15) is 48.9 Å². The lowest BCUT2D eigenvalue weighted by atomic mass is 9.48. The van der Waals surface area contributed by atoms with Crippen molar-refractivity contribution >= 4 is 50.5 Å². The van der Waals surface area contributed by atoms with E-state index in [2.05, 4.69) is 22.0 Å². The first-order valence-electron chi connectivity index (χ1n) is 7.14. The molecule has 1 atom stereocenters. The zero-order valence-electron chi connectivity index (χ0n) is 10.7. The smallest absolute Gasteiger partial charge is 0.0987 e. The molecule has 0 N–H and O–H groups in total. The maximum absolute atomic E-state index is 6.38. The zero-order valence-corrected chi connectivity index (χ0v) is 14.6. The van der Waals surface area contributed by atoms with Crippen LogP contribution >= 0.6 is 50.5 Å². The average molecular weight is 380 g/mol. The summed E-state index contributed by atoms with van der Waals surface area (Å²) < 4.78 is 1.69. The molecule has 5 rings (SSSR count). The Labute approximate surface area is 137 Å². The zero-order chi connectivity index (χ0) is 13.2. The number of hydrogen-bond acceptors (Lipinski definition) is 1. The highest BCUT2D eigenvalue weighted by Gasteiger charge is 2.54. The Kier molecular flexibility index (Phi) is 3.27. The largest absolute Gasteiger partial charge is 0.111 e. The van der Waals surface area contributed by atoms with Crippen molar-refractivity contribution in [2.75, 3.05) is 0 Å². The lowest BCUT2D eigenvalue weighted by Crippen LogP contribution is -2.47. The van der Waals surface area contributed by atoms with E-state index in [1.165, 1.54) is 55.4 Å². The molecular weight excluding hydrogens is 363 g/mol. The Morgan fingerprint density at radius 3 is 2.05 bits per heavy atom. The summed E-state index contributed by atoms with van der Waals surface area (Å²) in [6.45, 7) is 0. The molecule has 1 aromatic rings. The minimum absolute atomic E-state index is 0.393. The summed E-state index contributed by atoms with van der Waals surface area (Å²) in [5, 5.41) is 0. The van der Waals surface area contributed by atoms with Gasteiger partial charge in [0.15, 0.2) is 0 Å². The molecule has 1 heterocycles. The highest BCUT2D eigenvalue weighted by molar-refractivity contribution is 9.09. The van der Waals surface area contributed by atoms with Crippen molar-refractivity contribution in [2.24, 2.45) is 23.2 Å². The second-order valence-electron chi connectivity index (χ2n) is 6.92. The van der Waals surface area contributed by atoms with E-state index in [0.29, 0.717) is 10.2 Å². The standard InChI is InChI=1S/C15H17BrCl2S/c16-13(11-4-12(17)19-14(11)18)15-5-8-1-9(6-15)3-10(2-8)7-15/h4,8-10,13H,1-3,5-7H2. The van der Waals surface area contributed by atoms with Gasteiger partial charge in [0, 0.05) is 4.83 Å². The summed E-state index contributed by atoms with van der Waals surface area (Å²) in [6, 6.07) is 2.08. The molecule has 0 aromatic carbocycles. The minimum atomic E-state index is 0.393. The third-order valence-corrected chi connectivity index (χ3v) is 8.56. The van der Waals surface area contributed by atoms with Gasteiger partial charge in [0.05, 0.1) is 8.67 Å². The Hall–Kier alpha value is 0.760. The number of hydrogen-bond donors (Lipinski definition) is 0. The quantitative estimate of drug-likeness (QED) is 0.501. The van der Waals surface area contributed by atoms with Crippen molar-refractivity contribution in [2.45, 2.75) is 43.4 Å². The molecule has 4 aliphatic carbocycles. The van der Waals surface area contributed by atoms with Gasteiger partial charge in [-0.2, -0.15) is 0 Å². The fourth-order valence-corrected chi connectivity index (χ4v) is 8.08. The van der Waals surface area contributed by atoms with Crippen LogP contribution < -0.4 is 0 Å². The molecule has 0 saturated heterocycles. The number of alkyl halides is 1. The van der Waals surface area contributed by atoms with Crippen molar-refractivity contribution in [1.29, 1.82) is 0 Å². The molecule has 0 radical (unpaired) electrons. The van der Waals surface area contributed by atoms with Gasteiger partial charge in [0.2, 0.25) is 0 Å². The van der Waals surface area contributed by atoms with Gasteiger partial charge in [0.25, 0.3) is 0 Å². The molecule has 19 heavy (non-hydrogen) atoms. The molecule has 1 aromatic heterocycles. The predicted molar refractivity (Wildman–Crippen MR) is 86.6 cm³/mol. The van der Waals surface area contributed by atoms with E-state index >= 15 is 0 Å². The molecule has 0 aliphatic heterocycles. The van der Waals surface area contributed by atoms with Gasteiger partial charge in [-0.3, -0.25) is 0 Å². The third-order valence-electron chi connectivity index (χ3n) is 5.58. The van der Waals surface area contributed by atoms with Gasteiger partial charge < -0.3 is 0 Å². The van der Waals surface area contributed by atoms with E-state index in [1.807, 2.05) is 0 Å². The van der Waals surface area contributed by atoms with Gasteiger partial charge >= 0.3 is 0 Å². The van der Waals surface area contributed by atoms with Crippen LogP contribution in [0, 0.1) is 23.2 Å². The van der Waals surface area contributed by atoms with Crippen LogP contribution in [-0.2, 0) is 0 Å². The maximum Gasteiger partial charge on any atom is 0.0987 e. The van der Waals surface area contributed by atoms with Crippen LogP contribution in [-0.4, -0.2) is 0 Å². The molecule has 0 nitrogen and oxygen atoms in total. The van der Waals surface area contributed by atoms with Crippen LogP contribution in [0.25, 0.3) is 0 Å². The first-order chi connectivity index (χ1) is 9.06. The van der Waals surface area contributed by atoms with E-state index in [-0.39, 0.29) is 0 Å². The van der Waals surface area contributed by atoms with Crippen LogP contribution in [0.2, 0.25) is 8.67 Å². The highest BCUT2D eigenvalue weighted by Crippen LogP contribution is 2.66. The molecule has 4 fully saturated rings. The van der Waals surface area contributed by atoms with Gasteiger partial charge in [-0.25, -0.2) is 0 Å². The van der Waals surface area contributed by atoms with Gasteiger partial charge in [0.1, 0.15) is 0 Å². The Bertz CT molecular complexity index is 475. The van der Waals surface area contributed by atoms with Crippen molar-refractivity contribution < 1.29 is 0 Å². The molecule has 1 unspecified atom stereocenters. The fraction of sp³-hybridized carbons (Fsp3) is 0.733. The summed E-state index contributed by atoms with van der Waals surface area (Å²) in [7, 11) is 0. The lowest BCUT2D eigenvalue weighted by molar-refractivity contribution is -0.0528. The lowest BCUT2D eigenvalue weighted by Gasteiger charge is -2.58. The predicted octanol–water partition coefficient (Wildman–Crippen LogP) is 6.71. The van der Waals surface area contributed by atoms with Gasteiger partial charge in [-0.1, -0.05) is 39.1 Å². The summed E-state index contributed by atoms with van der Waals surface area (Å²) in [5.41, 5.74) is 1.68. The van der Waals surface area contributed by atoms with Gasteiger partial charge in [-0.05, 0) is 73.3 Å². The average Bonchev–Trinajstić information content (AvgIpc) is 2.65. The molecule has 4 aliphatic rings. The summed E-state index contributed by atoms with van der Waals surface area (Å²) >= 11 is 18.0. The third kappa shape index (κ3) is 2.13. The second-order valence-corrected chi connectivity index (χ2v) is 10.1. The molecular formula is C15H17BrCl2S. The molecule has 104 valence electrons. The van der Waals surface area contributed by atoms with Crippen LogP contribution in [0.4, 0.5) is 0 Å². The maximum atomic E-state index is 6.38. The normalized spacial score (nSPS) is 41.7. The van der Waals surface area contributed by atoms with Crippen molar-refractivity contribution in [1.82, 2.24) is 0 Å². The Morgan fingerprint density at radius 1 is 1.11 bits per heavy atom. The monoisotopic (exact) mass is 378 g/mol. The SMILES string of the molecule is Clc1cc(C(Br)C23CC4CC(CC(C4)C2)C3)c(Cl)s1. The van der Waals surface area contributed by atoms with Crippen LogP contribution in [0.15, 0.2) is 6.07 Å². The van der Waals surface area contributed by atoms with Crippen LogP contribution in [0.3, 0.4) is 0 Å². The van der Waals surface area contributed by atoms with E-state index in [0.717, 1.165) is 26.4 Å². The Morgan fingerprint density at radius 2 is 1.63 bits per heavy atom. The van der Waals surface area contributed by atoms with Crippen molar-refractivity contribution in [3.05, 3.63) is 20.3 Å². The number of rotatable bonds is 2. The summed E-state index contributed by atoms with van der Waals surface area (Å²) in [5.74, 6) is 2.91. The van der Waals surface area contributed by atoms with E-state index < -0.39 is 0 Å². The van der Waals surface area contributed by atoms with E-state index in [4.69, 9.17) is 23.2 Å². The minimum Gasteiger partial charge on any atom is -0.111 e. The first-order valence-corrected chi connectivity index (χ1v) is 9.63. The molecule has 0 spiro atoms. The van der Waals surface area contributed by atoms with Crippen molar-refractivity contribution in [3.63, 3.8) is 0 Å².